The fraction of sp³-hybridized carbons (Fsp3) is 0.273. The number of hydrogen-bond donors (Lipinski definition) is 1. The lowest BCUT2D eigenvalue weighted by atomic mass is 9.93. The zero-order valence-corrected chi connectivity index (χ0v) is 15.7. The smallest absolute Gasteiger partial charge is 0.243 e. The van der Waals surface area contributed by atoms with Gasteiger partial charge in [-0.25, -0.2) is 4.98 Å². The Kier molecular flexibility index (Phi) is 4.13. The predicted octanol–water partition coefficient (Wildman–Crippen LogP) is 2.73. The van der Waals surface area contributed by atoms with Crippen molar-refractivity contribution in [3.05, 3.63) is 83.4 Å². The molecule has 1 saturated heterocycles. The van der Waals surface area contributed by atoms with E-state index in [1.807, 2.05) is 54.2 Å². The van der Waals surface area contributed by atoms with Gasteiger partial charge in [0, 0.05) is 26.0 Å². The first-order chi connectivity index (χ1) is 13.7. The van der Waals surface area contributed by atoms with Crippen LogP contribution in [-0.4, -0.2) is 26.9 Å². The van der Waals surface area contributed by atoms with Crippen molar-refractivity contribution in [2.45, 2.75) is 25.2 Å². The summed E-state index contributed by atoms with van der Waals surface area (Å²) in [6.45, 7) is 1.29. The van der Waals surface area contributed by atoms with Gasteiger partial charge < -0.3 is 14.6 Å². The second kappa shape index (κ2) is 6.80. The van der Waals surface area contributed by atoms with E-state index in [0.717, 1.165) is 35.7 Å². The Morgan fingerprint density at radius 3 is 2.79 bits per heavy atom. The maximum Gasteiger partial charge on any atom is 0.243 e. The number of benzene rings is 2. The molecule has 1 aromatic heterocycles. The van der Waals surface area contributed by atoms with Crippen LogP contribution in [-0.2, 0) is 24.9 Å². The molecule has 0 radical (unpaired) electrons. The van der Waals surface area contributed by atoms with E-state index >= 15 is 0 Å². The van der Waals surface area contributed by atoms with Gasteiger partial charge in [0.1, 0.15) is 30.4 Å². The Morgan fingerprint density at radius 1 is 1.18 bits per heavy atom. The third-order valence-corrected chi connectivity index (χ3v) is 5.66. The van der Waals surface area contributed by atoms with Crippen LogP contribution in [0.3, 0.4) is 0 Å². The third kappa shape index (κ3) is 2.86. The molecule has 1 fully saturated rings. The molecular weight excluding hydrogens is 352 g/mol. The number of aryl methyl sites for hydroxylation is 1. The van der Waals surface area contributed by atoms with Gasteiger partial charge in [0.05, 0.1) is 0 Å². The summed E-state index contributed by atoms with van der Waals surface area (Å²) in [6, 6.07) is 16.0. The van der Waals surface area contributed by atoms with Crippen LogP contribution in [0.4, 0.5) is 0 Å². The predicted molar refractivity (Wildman–Crippen MR) is 104 cm³/mol. The molecule has 28 heavy (non-hydrogen) atoms. The molecule has 0 saturated carbocycles. The van der Waals surface area contributed by atoms with Crippen molar-refractivity contribution in [3.8, 4) is 5.75 Å². The van der Waals surface area contributed by atoms with Gasteiger partial charge in [-0.15, -0.1) is 0 Å². The van der Waals surface area contributed by atoms with Crippen molar-refractivity contribution in [1.29, 1.82) is 0 Å². The van der Waals surface area contributed by atoms with Gasteiger partial charge in [0.2, 0.25) is 5.91 Å². The highest BCUT2D eigenvalue weighted by Gasteiger charge is 2.43. The van der Waals surface area contributed by atoms with Gasteiger partial charge >= 0.3 is 0 Å². The summed E-state index contributed by atoms with van der Waals surface area (Å²) in [4.78, 5) is 19.2. The maximum atomic E-state index is 12.7. The molecule has 1 amide bonds. The van der Waals surface area contributed by atoms with E-state index in [2.05, 4.69) is 27.3 Å². The van der Waals surface area contributed by atoms with E-state index in [0.29, 0.717) is 6.61 Å². The zero-order valence-electron chi connectivity index (χ0n) is 15.7. The molecule has 2 unspecified atom stereocenters. The maximum absolute atomic E-state index is 12.7. The molecule has 1 N–H and O–H groups in total. The van der Waals surface area contributed by atoms with E-state index < -0.39 is 0 Å². The van der Waals surface area contributed by atoms with E-state index in [1.54, 1.807) is 6.20 Å². The van der Waals surface area contributed by atoms with Crippen molar-refractivity contribution in [2.75, 3.05) is 6.54 Å². The van der Waals surface area contributed by atoms with Crippen LogP contribution in [0.15, 0.2) is 60.9 Å². The highest BCUT2D eigenvalue weighted by molar-refractivity contribution is 5.86. The number of carbonyl (C=O) groups is 1. The number of aromatic nitrogens is 2. The van der Waals surface area contributed by atoms with Crippen LogP contribution in [0.2, 0.25) is 0 Å². The highest BCUT2D eigenvalue weighted by Crippen LogP contribution is 2.40. The largest absolute Gasteiger partial charge is 0.486 e. The van der Waals surface area contributed by atoms with E-state index in [9.17, 15) is 4.79 Å². The average Bonchev–Trinajstić information content (AvgIpc) is 3.30. The highest BCUT2D eigenvalue weighted by atomic mass is 16.5. The molecule has 0 aliphatic carbocycles. The van der Waals surface area contributed by atoms with Crippen molar-refractivity contribution in [3.63, 3.8) is 0 Å². The minimum absolute atomic E-state index is 0.0762. The topological polar surface area (TPSA) is 59.4 Å². The van der Waals surface area contributed by atoms with Gasteiger partial charge in [-0.05, 0) is 35.2 Å². The van der Waals surface area contributed by atoms with E-state index in [1.165, 1.54) is 5.56 Å². The average molecular weight is 374 g/mol. The second-order valence-corrected chi connectivity index (χ2v) is 7.31. The van der Waals surface area contributed by atoms with Crippen LogP contribution < -0.4 is 10.1 Å². The van der Waals surface area contributed by atoms with Crippen LogP contribution in [0.1, 0.15) is 34.7 Å². The van der Waals surface area contributed by atoms with Crippen LogP contribution in [0.5, 0.6) is 5.75 Å². The molecule has 142 valence electrons. The lowest BCUT2D eigenvalue weighted by molar-refractivity contribution is -0.121. The van der Waals surface area contributed by atoms with E-state index in [4.69, 9.17) is 4.74 Å². The molecule has 2 atom stereocenters. The Balaban J connectivity index is 1.33. The van der Waals surface area contributed by atoms with Gasteiger partial charge in [-0.3, -0.25) is 9.69 Å². The lowest BCUT2D eigenvalue weighted by Gasteiger charge is -2.33. The summed E-state index contributed by atoms with van der Waals surface area (Å²) in [6.07, 6.45) is 4.52. The number of rotatable bonds is 4. The van der Waals surface area contributed by atoms with Gasteiger partial charge in [0.15, 0.2) is 0 Å². The number of imidazole rings is 1. The second-order valence-electron chi connectivity index (χ2n) is 7.31. The summed E-state index contributed by atoms with van der Waals surface area (Å²) in [5.74, 6) is 1.74. The standard InChI is InChI=1S/C22H22N4O2/c1-25-13-11-23-19(25)14-28-17-8-6-16(7-9-17)21-24-22(27)20-18-5-3-2-4-15(18)10-12-26(20)21/h2-9,11,13,20-21H,10,12,14H2,1H3,(H,24,27). The molecule has 6 heteroatoms. The van der Waals surface area contributed by atoms with Crippen molar-refractivity contribution >= 4 is 5.91 Å². The molecule has 2 aromatic carbocycles. The fourth-order valence-corrected chi connectivity index (χ4v) is 4.16. The number of nitrogens with zero attached hydrogens (tertiary/aromatic N) is 3. The molecule has 5 rings (SSSR count). The number of fused-ring (bicyclic) bond motifs is 3. The number of hydrogen-bond acceptors (Lipinski definition) is 4. The molecular formula is C22H22N4O2. The van der Waals surface area contributed by atoms with Gasteiger partial charge in [-0.1, -0.05) is 36.4 Å². The van der Waals surface area contributed by atoms with Gasteiger partial charge in [-0.2, -0.15) is 0 Å². The Labute approximate surface area is 163 Å². The molecule has 6 nitrogen and oxygen atoms in total. The number of nitrogens with one attached hydrogen (secondary N) is 1. The third-order valence-electron chi connectivity index (χ3n) is 5.66. The first-order valence-electron chi connectivity index (χ1n) is 9.53. The summed E-state index contributed by atoms with van der Waals surface area (Å²) < 4.78 is 7.78. The molecule has 2 aliphatic heterocycles. The number of carbonyl (C=O) groups excluding carboxylic acids is 1. The normalized spacial score (nSPS) is 21.1. The zero-order chi connectivity index (χ0) is 19.1. The summed E-state index contributed by atoms with van der Waals surface area (Å²) in [5.41, 5.74) is 3.47. The van der Waals surface area contributed by atoms with E-state index in [-0.39, 0.29) is 18.1 Å². The van der Waals surface area contributed by atoms with Crippen molar-refractivity contribution in [2.24, 2.45) is 7.05 Å². The molecule has 0 spiro atoms. The summed E-state index contributed by atoms with van der Waals surface area (Å²) in [7, 11) is 1.95. The Hall–Kier alpha value is -3.12. The monoisotopic (exact) mass is 374 g/mol. The molecule has 0 bridgehead atoms. The summed E-state index contributed by atoms with van der Waals surface area (Å²) >= 11 is 0. The molecule has 3 heterocycles. The quantitative estimate of drug-likeness (QED) is 0.763. The van der Waals surface area contributed by atoms with Crippen molar-refractivity contribution < 1.29 is 9.53 Å². The SMILES string of the molecule is Cn1ccnc1COc1ccc(C2NC(=O)C3c4ccccc4CCN23)cc1. The Morgan fingerprint density at radius 2 is 2.00 bits per heavy atom. The minimum atomic E-state index is -0.200. The minimum Gasteiger partial charge on any atom is -0.486 e. The fourth-order valence-electron chi connectivity index (χ4n) is 4.16. The van der Waals surface area contributed by atoms with Crippen LogP contribution in [0, 0.1) is 0 Å². The van der Waals surface area contributed by atoms with Crippen LogP contribution in [0.25, 0.3) is 0 Å². The number of ether oxygens (including phenoxy) is 1. The molecule has 3 aromatic rings. The Bertz CT molecular complexity index is 1010. The summed E-state index contributed by atoms with van der Waals surface area (Å²) in [5, 5.41) is 3.17. The number of amides is 1. The lowest BCUT2D eigenvalue weighted by Crippen LogP contribution is -2.34. The first-order valence-corrected chi connectivity index (χ1v) is 9.53. The van der Waals surface area contributed by atoms with Crippen LogP contribution >= 0.6 is 0 Å². The van der Waals surface area contributed by atoms with Crippen molar-refractivity contribution in [1.82, 2.24) is 19.8 Å². The first kappa shape index (κ1) is 17.0. The van der Waals surface area contributed by atoms with Gasteiger partial charge in [0.25, 0.3) is 0 Å². The molecule has 2 aliphatic rings.